The van der Waals surface area contributed by atoms with E-state index in [-0.39, 0.29) is 24.0 Å². The highest BCUT2D eigenvalue weighted by Gasteiger charge is 2.56. The van der Waals surface area contributed by atoms with Crippen LogP contribution in [0.4, 0.5) is 13.6 Å². The van der Waals surface area contributed by atoms with Crippen molar-refractivity contribution in [2.75, 3.05) is 39.4 Å². The summed E-state index contributed by atoms with van der Waals surface area (Å²) in [6.45, 7) is 2.94. The first-order valence-electron chi connectivity index (χ1n) is 9.58. The third-order valence-corrected chi connectivity index (χ3v) is 6.41. The number of nitrogens with zero attached hydrogens (tertiary/aromatic N) is 3. The molecule has 2 spiro atoms. The maximum atomic E-state index is 13.7. The van der Waals surface area contributed by atoms with Crippen LogP contribution in [-0.2, 0) is 16.0 Å². The van der Waals surface area contributed by atoms with E-state index >= 15 is 0 Å². The van der Waals surface area contributed by atoms with Crippen LogP contribution >= 0.6 is 0 Å². The normalized spacial score (nSPS) is 25.1. The Bertz CT molecular complexity index is 828. The lowest BCUT2D eigenvalue weighted by atomic mass is 9.57. The lowest BCUT2D eigenvalue weighted by Crippen LogP contribution is -2.78. The molecule has 5 rings (SSSR count). The van der Waals surface area contributed by atoms with Gasteiger partial charge < -0.3 is 19.9 Å². The number of hydrogen-bond donors (Lipinski definition) is 1. The second kappa shape index (κ2) is 6.10. The van der Waals surface area contributed by atoms with Crippen molar-refractivity contribution in [1.82, 2.24) is 20.1 Å². The van der Waals surface area contributed by atoms with E-state index in [1.54, 1.807) is 4.90 Å². The smallest absolute Gasteiger partial charge is 0.320 e. The van der Waals surface area contributed by atoms with Crippen LogP contribution in [0.25, 0.3) is 0 Å². The van der Waals surface area contributed by atoms with Gasteiger partial charge in [-0.1, -0.05) is 0 Å². The number of carbonyl (C=O) groups excluding carboxylic acids is 2. The average Bonchev–Trinajstić information content (AvgIpc) is 2.54. The van der Waals surface area contributed by atoms with Gasteiger partial charge in [0, 0.05) is 37.7 Å². The average molecular weight is 392 g/mol. The summed E-state index contributed by atoms with van der Waals surface area (Å²) >= 11 is 0. The highest BCUT2D eigenvalue weighted by Crippen LogP contribution is 2.53. The molecule has 0 aromatic carbocycles. The molecule has 0 bridgehead atoms. The van der Waals surface area contributed by atoms with Crippen molar-refractivity contribution < 1.29 is 23.1 Å². The van der Waals surface area contributed by atoms with Gasteiger partial charge in [0.15, 0.2) is 0 Å². The van der Waals surface area contributed by atoms with Gasteiger partial charge in [-0.2, -0.15) is 0 Å². The van der Waals surface area contributed by atoms with Gasteiger partial charge >= 0.3 is 6.03 Å². The summed E-state index contributed by atoms with van der Waals surface area (Å²) in [5.41, 5.74) is 0.0410. The SMILES string of the molecule is O=C1COCC2(CN(C(=O)N3CC4(CC(Cc5ncc(F)cc5F)C4)C3)C2)N1. The van der Waals surface area contributed by atoms with E-state index < -0.39 is 17.2 Å². The molecule has 3 aliphatic heterocycles. The number of amides is 3. The highest BCUT2D eigenvalue weighted by molar-refractivity contribution is 5.81. The fourth-order valence-electron chi connectivity index (χ4n) is 5.23. The van der Waals surface area contributed by atoms with Crippen LogP contribution in [0.1, 0.15) is 18.5 Å². The third-order valence-electron chi connectivity index (χ3n) is 6.41. The van der Waals surface area contributed by atoms with Crippen LogP contribution in [0.2, 0.25) is 0 Å². The van der Waals surface area contributed by atoms with Gasteiger partial charge in [0.25, 0.3) is 0 Å². The van der Waals surface area contributed by atoms with E-state index in [0.717, 1.165) is 25.1 Å². The minimum absolute atomic E-state index is 0.00534. The van der Waals surface area contributed by atoms with Crippen molar-refractivity contribution in [2.45, 2.75) is 24.8 Å². The molecule has 4 fully saturated rings. The first kappa shape index (κ1) is 17.8. The van der Waals surface area contributed by atoms with E-state index in [0.29, 0.717) is 50.8 Å². The molecule has 150 valence electrons. The van der Waals surface area contributed by atoms with Crippen molar-refractivity contribution >= 4 is 11.9 Å². The number of likely N-dealkylation sites (tertiary alicyclic amines) is 2. The van der Waals surface area contributed by atoms with Gasteiger partial charge in [-0.15, -0.1) is 0 Å². The Morgan fingerprint density at radius 2 is 1.96 bits per heavy atom. The molecule has 0 unspecified atom stereocenters. The largest absolute Gasteiger partial charge is 0.369 e. The quantitative estimate of drug-likeness (QED) is 0.813. The summed E-state index contributed by atoms with van der Waals surface area (Å²) in [7, 11) is 0. The molecule has 1 aromatic heterocycles. The van der Waals surface area contributed by atoms with Crippen molar-refractivity contribution in [1.29, 1.82) is 0 Å². The predicted octanol–water partition coefficient (Wildman–Crippen LogP) is 0.935. The molecule has 1 N–H and O–H groups in total. The molecule has 4 heterocycles. The van der Waals surface area contributed by atoms with E-state index in [1.165, 1.54) is 0 Å². The molecule has 4 aliphatic rings. The van der Waals surface area contributed by atoms with E-state index in [4.69, 9.17) is 4.74 Å². The number of carbonyl (C=O) groups is 2. The summed E-state index contributed by atoms with van der Waals surface area (Å²) in [4.78, 5) is 31.5. The van der Waals surface area contributed by atoms with Crippen molar-refractivity contribution in [3.05, 3.63) is 29.6 Å². The minimum Gasteiger partial charge on any atom is -0.369 e. The Kier molecular flexibility index (Phi) is 3.88. The zero-order valence-corrected chi connectivity index (χ0v) is 15.4. The summed E-state index contributed by atoms with van der Waals surface area (Å²) in [5, 5.41) is 2.93. The molecule has 9 heteroatoms. The Balaban J connectivity index is 1.08. The zero-order chi connectivity index (χ0) is 19.5. The Morgan fingerprint density at radius 1 is 1.25 bits per heavy atom. The Hall–Kier alpha value is -2.29. The number of urea groups is 1. The van der Waals surface area contributed by atoms with Gasteiger partial charge in [-0.25, -0.2) is 13.6 Å². The maximum Gasteiger partial charge on any atom is 0.320 e. The van der Waals surface area contributed by atoms with Crippen LogP contribution in [0.5, 0.6) is 0 Å². The number of nitrogens with one attached hydrogen (secondary N) is 1. The standard InChI is InChI=1S/C19H22F2N4O3/c20-13-2-14(21)15(22-5-13)1-12-3-18(4-12)7-24(8-18)17(27)25-9-19(10-25)11-28-6-16(26)23-19/h2,5,12H,1,3-4,6-11H2,(H,23,26). The molecule has 3 saturated heterocycles. The number of morpholine rings is 1. The van der Waals surface area contributed by atoms with E-state index in [9.17, 15) is 18.4 Å². The minimum atomic E-state index is -0.661. The first-order valence-corrected chi connectivity index (χ1v) is 9.58. The molecule has 0 atom stereocenters. The molecule has 1 aliphatic carbocycles. The maximum absolute atomic E-state index is 13.7. The Morgan fingerprint density at radius 3 is 2.64 bits per heavy atom. The van der Waals surface area contributed by atoms with Crippen molar-refractivity contribution in [3.8, 4) is 0 Å². The predicted molar refractivity (Wildman–Crippen MR) is 93.2 cm³/mol. The number of rotatable bonds is 2. The molecular formula is C19H22F2N4O3. The molecule has 7 nitrogen and oxygen atoms in total. The number of ether oxygens (including phenoxy) is 1. The fourth-order valence-corrected chi connectivity index (χ4v) is 5.23. The van der Waals surface area contributed by atoms with Gasteiger partial charge in [-0.05, 0) is 25.2 Å². The summed E-state index contributed by atoms with van der Waals surface area (Å²) in [5.74, 6) is -1.05. The first-order chi connectivity index (χ1) is 13.4. The van der Waals surface area contributed by atoms with Crippen molar-refractivity contribution in [3.63, 3.8) is 0 Å². The summed E-state index contributed by atoms with van der Waals surface area (Å²) in [6.07, 6.45) is 3.43. The summed E-state index contributed by atoms with van der Waals surface area (Å²) < 4.78 is 32.0. The fraction of sp³-hybridized carbons (Fsp3) is 0.632. The monoisotopic (exact) mass is 392 g/mol. The van der Waals surface area contributed by atoms with Crippen LogP contribution < -0.4 is 5.32 Å². The highest BCUT2D eigenvalue weighted by atomic mass is 19.1. The second-order valence-electron chi connectivity index (χ2n) is 8.88. The van der Waals surface area contributed by atoms with E-state index in [1.807, 2.05) is 4.90 Å². The van der Waals surface area contributed by atoms with Crippen LogP contribution in [0, 0.1) is 23.0 Å². The molecular weight excluding hydrogens is 370 g/mol. The molecule has 0 radical (unpaired) electrons. The van der Waals surface area contributed by atoms with Gasteiger partial charge in [-0.3, -0.25) is 9.78 Å². The summed E-state index contributed by atoms with van der Waals surface area (Å²) in [6, 6.07) is 0.880. The molecule has 1 saturated carbocycles. The number of hydrogen-bond acceptors (Lipinski definition) is 4. The lowest BCUT2D eigenvalue weighted by Gasteiger charge is -2.61. The van der Waals surface area contributed by atoms with Crippen molar-refractivity contribution in [2.24, 2.45) is 11.3 Å². The molecule has 3 amide bonds. The van der Waals surface area contributed by atoms with Gasteiger partial charge in [0.05, 0.1) is 24.0 Å². The second-order valence-corrected chi connectivity index (χ2v) is 8.88. The van der Waals surface area contributed by atoms with Gasteiger partial charge in [0.2, 0.25) is 5.91 Å². The molecule has 1 aromatic rings. The van der Waals surface area contributed by atoms with Crippen LogP contribution in [-0.4, -0.2) is 71.7 Å². The van der Waals surface area contributed by atoms with E-state index in [2.05, 4.69) is 10.3 Å². The Labute approximate surface area is 161 Å². The zero-order valence-electron chi connectivity index (χ0n) is 15.4. The lowest BCUT2D eigenvalue weighted by molar-refractivity contribution is -0.142. The third kappa shape index (κ3) is 2.92. The number of pyridine rings is 1. The number of halogens is 2. The topological polar surface area (TPSA) is 74.8 Å². The number of aromatic nitrogens is 1. The molecule has 28 heavy (non-hydrogen) atoms. The van der Waals surface area contributed by atoms with Crippen LogP contribution in [0.15, 0.2) is 12.3 Å². The van der Waals surface area contributed by atoms with Crippen LogP contribution in [0.3, 0.4) is 0 Å². The van der Waals surface area contributed by atoms with Gasteiger partial charge in [0.1, 0.15) is 18.2 Å².